The first-order valence-corrected chi connectivity index (χ1v) is 7.58. The first-order chi connectivity index (χ1) is 10.1. The largest absolute Gasteiger partial charge is 0.329 e. The van der Waals surface area contributed by atoms with E-state index in [2.05, 4.69) is 10.3 Å². The van der Waals surface area contributed by atoms with E-state index in [1.807, 2.05) is 36.6 Å². The third-order valence-electron chi connectivity index (χ3n) is 3.56. The maximum Gasteiger partial charge on any atom is 0.324 e. The summed E-state index contributed by atoms with van der Waals surface area (Å²) in [4.78, 5) is 31.1. The van der Waals surface area contributed by atoms with Crippen LogP contribution in [0.1, 0.15) is 28.6 Å². The number of carbonyl (C=O) groups excluding carboxylic acids is 2. The van der Waals surface area contributed by atoms with E-state index in [-0.39, 0.29) is 24.4 Å². The Balaban J connectivity index is 1.75. The number of hydrogen-bond donors (Lipinski definition) is 1. The molecule has 1 N–H and O–H groups in total. The zero-order valence-electron chi connectivity index (χ0n) is 11.6. The van der Waals surface area contributed by atoms with E-state index >= 15 is 0 Å². The molecule has 0 bridgehead atoms. The lowest BCUT2D eigenvalue weighted by Gasteiger charge is -2.31. The van der Waals surface area contributed by atoms with Gasteiger partial charge in [-0.2, -0.15) is 0 Å². The summed E-state index contributed by atoms with van der Waals surface area (Å²) in [6.07, 6.45) is 1.90. The third-order valence-corrected chi connectivity index (χ3v) is 4.45. The highest BCUT2D eigenvalue weighted by Crippen LogP contribution is 2.23. The van der Waals surface area contributed by atoms with Crippen LogP contribution in [0.15, 0.2) is 35.8 Å². The van der Waals surface area contributed by atoms with Crippen molar-refractivity contribution in [2.75, 3.05) is 0 Å². The van der Waals surface area contributed by atoms with Crippen molar-refractivity contribution in [2.45, 2.75) is 25.9 Å². The van der Waals surface area contributed by atoms with Crippen LogP contribution in [-0.4, -0.2) is 21.8 Å². The minimum absolute atomic E-state index is 0.167. The predicted octanol–water partition coefficient (Wildman–Crippen LogP) is 2.63. The van der Waals surface area contributed by atoms with Crippen LogP contribution in [0, 0.1) is 6.92 Å². The molecule has 6 heteroatoms. The molecule has 21 heavy (non-hydrogen) atoms. The molecule has 3 rings (SSSR count). The number of rotatable bonds is 3. The Bertz CT molecular complexity index is 651. The number of nitrogens with one attached hydrogen (secondary N) is 1. The average molecular weight is 301 g/mol. The van der Waals surface area contributed by atoms with Crippen molar-refractivity contribution in [3.63, 3.8) is 0 Å². The first-order valence-electron chi connectivity index (χ1n) is 6.70. The fourth-order valence-electron chi connectivity index (χ4n) is 2.34. The number of pyridine rings is 1. The van der Waals surface area contributed by atoms with Crippen molar-refractivity contribution in [2.24, 2.45) is 0 Å². The highest BCUT2D eigenvalue weighted by atomic mass is 32.1. The smallest absolute Gasteiger partial charge is 0.324 e. The minimum atomic E-state index is -0.354. The highest BCUT2D eigenvalue weighted by molar-refractivity contribution is 7.10. The Morgan fingerprint density at radius 2 is 2.24 bits per heavy atom. The topological polar surface area (TPSA) is 62.3 Å². The summed E-state index contributed by atoms with van der Waals surface area (Å²) < 4.78 is 0. The van der Waals surface area contributed by atoms with E-state index in [4.69, 9.17) is 0 Å². The number of aromatic nitrogens is 1. The van der Waals surface area contributed by atoms with E-state index in [1.165, 1.54) is 4.90 Å². The second kappa shape index (κ2) is 5.65. The summed E-state index contributed by atoms with van der Waals surface area (Å²) in [5.74, 6) is -0.167. The molecule has 1 saturated heterocycles. The molecular weight excluding hydrogens is 286 g/mol. The normalized spacial score (nSPS) is 18.7. The molecule has 1 atom stereocenters. The SMILES string of the molecule is Cc1sccc1CN1C(=O)CC(c2ccccn2)NC1=O. The number of aryl methyl sites for hydroxylation is 1. The average Bonchev–Trinajstić information content (AvgIpc) is 2.89. The molecule has 108 valence electrons. The fraction of sp³-hybridized carbons (Fsp3) is 0.267. The molecule has 1 unspecified atom stereocenters. The van der Waals surface area contributed by atoms with Crippen molar-refractivity contribution in [3.05, 3.63) is 52.0 Å². The van der Waals surface area contributed by atoms with Gasteiger partial charge in [-0.3, -0.25) is 14.7 Å². The second-order valence-corrected chi connectivity index (χ2v) is 6.06. The van der Waals surface area contributed by atoms with Crippen LogP contribution in [0.4, 0.5) is 4.79 Å². The summed E-state index contributed by atoms with van der Waals surface area (Å²) in [6.45, 7) is 2.32. The number of urea groups is 1. The lowest BCUT2D eigenvalue weighted by Crippen LogP contribution is -2.50. The van der Waals surface area contributed by atoms with Gasteiger partial charge in [-0.25, -0.2) is 4.79 Å². The van der Waals surface area contributed by atoms with Gasteiger partial charge in [-0.15, -0.1) is 11.3 Å². The number of imide groups is 1. The number of amides is 3. The second-order valence-electron chi connectivity index (χ2n) is 4.94. The van der Waals surface area contributed by atoms with E-state index in [0.29, 0.717) is 12.2 Å². The van der Waals surface area contributed by atoms with Crippen molar-refractivity contribution >= 4 is 23.3 Å². The molecule has 2 aromatic heterocycles. The molecule has 0 aliphatic carbocycles. The van der Waals surface area contributed by atoms with Crippen LogP contribution in [0.3, 0.4) is 0 Å². The van der Waals surface area contributed by atoms with Gasteiger partial charge in [-0.05, 0) is 36.1 Å². The van der Waals surface area contributed by atoms with E-state index in [0.717, 1.165) is 10.4 Å². The highest BCUT2D eigenvalue weighted by Gasteiger charge is 2.33. The summed E-state index contributed by atoms with van der Waals surface area (Å²) >= 11 is 1.61. The maximum atomic E-state index is 12.3. The fourth-order valence-corrected chi connectivity index (χ4v) is 3.06. The monoisotopic (exact) mass is 301 g/mol. The lowest BCUT2D eigenvalue weighted by molar-refractivity contribution is -0.130. The van der Waals surface area contributed by atoms with Crippen LogP contribution in [0.2, 0.25) is 0 Å². The third kappa shape index (κ3) is 2.80. The molecule has 3 heterocycles. The predicted molar refractivity (Wildman–Crippen MR) is 79.7 cm³/mol. The molecular formula is C15H15N3O2S. The molecule has 5 nitrogen and oxygen atoms in total. The van der Waals surface area contributed by atoms with Gasteiger partial charge in [0.1, 0.15) is 0 Å². The molecule has 2 aromatic rings. The maximum absolute atomic E-state index is 12.3. The summed E-state index contributed by atoms with van der Waals surface area (Å²) in [6, 6.07) is 6.72. The van der Waals surface area contributed by atoms with Gasteiger partial charge in [0.2, 0.25) is 5.91 Å². The number of carbonyl (C=O) groups is 2. The number of hydrogen-bond acceptors (Lipinski definition) is 4. The Labute approximate surface area is 126 Å². The van der Waals surface area contributed by atoms with Gasteiger partial charge in [0.25, 0.3) is 0 Å². The van der Waals surface area contributed by atoms with Gasteiger partial charge in [-0.1, -0.05) is 6.07 Å². The Morgan fingerprint density at radius 3 is 2.86 bits per heavy atom. The number of nitrogens with zero attached hydrogens (tertiary/aromatic N) is 2. The van der Waals surface area contributed by atoms with Crippen LogP contribution in [0.25, 0.3) is 0 Å². The molecule has 1 aliphatic rings. The van der Waals surface area contributed by atoms with Gasteiger partial charge >= 0.3 is 6.03 Å². The zero-order chi connectivity index (χ0) is 14.8. The lowest BCUT2D eigenvalue weighted by atomic mass is 10.1. The van der Waals surface area contributed by atoms with Crippen LogP contribution in [-0.2, 0) is 11.3 Å². The Morgan fingerprint density at radius 1 is 1.38 bits per heavy atom. The van der Waals surface area contributed by atoms with Crippen molar-refractivity contribution in [3.8, 4) is 0 Å². The van der Waals surface area contributed by atoms with Gasteiger partial charge < -0.3 is 5.32 Å². The molecule has 0 aromatic carbocycles. The van der Waals surface area contributed by atoms with Gasteiger partial charge in [0, 0.05) is 11.1 Å². The van der Waals surface area contributed by atoms with Gasteiger partial charge in [0.15, 0.2) is 0 Å². The van der Waals surface area contributed by atoms with Crippen LogP contribution >= 0.6 is 11.3 Å². The van der Waals surface area contributed by atoms with Crippen molar-refractivity contribution in [1.82, 2.24) is 15.2 Å². The Hall–Kier alpha value is -2.21. The van der Waals surface area contributed by atoms with Crippen molar-refractivity contribution < 1.29 is 9.59 Å². The molecule has 0 saturated carbocycles. The van der Waals surface area contributed by atoms with Gasteiger partial charge in [0.05, 0.1) is 24.7 Å². The quantitative estimate of drug-likeness (QED) is 0.948. The molecule has 3 amide bonds. The summed E-state index contributed by atoms with van der Waals surface area (Å²) in [5, 5.41) is 4.82. The van der Waals surface area contributed by atoms with E-state index in [9.17, 15) is 9.59 Å². The van der Waals surface area contributed by atoms with Crippen molar-refractivity contribution in [1.29, 1.82) is 0 Å². The Kier molecular flexibility index (Phi) is 3.70. The minimum Gasteiger partial charge on any atom is -0.329 e. The van der Waals surface area contributed by atoms with E-state index < -0.39 is 0 Å². The first kappa shape index (κ1) is 13.8. The molecule has 0 radical (unpaired) electrons. The van der Waals surface area contributed by atoms with E-state index in [1.54, 1.807) is 17.5 Å². The standard InChI is InChI=1S/C15H15N3O2S/c1-10-11(5-7-21-10)9-18-14(19)8-13(17-15(18)20)12-4-2-3-6-16-12/h2-7,13H,8-9H2,1H3,(H,17,20). The number of thiophene rings is 1. The van der Waals surface area contributed by atoms with Crippen LogP contribution in [0.5, 0.6) is 0 Å². The van der Waals surface area contributed by atoms with Crippen LogP contribution < -0.4 is 5.32 Å². The molecule has 1 aliphatic heterocycles. The molecule has 0 spiro atoms. The molecule has 1 fully saturated rings. The summed E-state index contributed by atoms with van der Waals surface area (Å²) in [5.41, 5.74) is 1.73. The summed E-state index contributed by atoms with van der Waals surface area (Å²) in [7, 11) is 0. The zero-order valence-corrected chi connectivity index (χ0v) is 12.4.